The van der Waals surface area contributed by atoms with E-state index in [1.807, 2.05) is 38.1 Å². The monoisotopic (exact) mass is 480 g/mol. The van der Waals surface area contributed by atoms with Gasteiger partial charge in [-0.1, -0.05) is 43.7 Å². The first kappa shape index (κ1) is 25.6. The maximum Gasteiger partial charge on any atom is 0.337 e. The van der Waals surface area contributed by atoms with Crippen molar-refractivity contribution in [3.05, 3.63) is 82.2 Å². The number of methoxy groups -OCH3 is 1. The van der Waals surface area contributed by atoms with Crippen molar-refractivity contribution in [2.45, 2.75) is 51.3 Å². The van der Waals surface area contributed by atoms with Crippen molar-refractivity contribution in [3.63, 3.8) is 0 Å². The molecule has 0 spiro atoms. The van der Waals surface area contributed by atoms with Gasteiger partial charge in [0.1, 0.15) is 0 Å². The Morgan fingerprint density at radius 3 is 2.15 bits per heavy atom. The van der Waals surface area contributed by atoms with E-state index in [0.717, 1.165) is 34.4 Å². The average molecular weight is 481 g/mol. The second-order valence-corrected chi connectivity index (χ2v) is 10.9. The number of aryl methyl sites for hydroxylation is 2. The van der Waals surface area contributed by atoms with Gasteiger partial charge in [-0.05, 0) is 72.7 Å². The van der Waals surface area contributed by atoms with Gasteiger partial charge in [0.2, 0.25) is 0 Å². The van der Waals surface area contributed by atoms with Crippen LogP contribution in [0.25, 0.3) is 11.1 Å². The molecule has 0 radical (unpaired) electrons. The smallest absolute Gasteiger partial charge is 0.337 e. The van der Waals surface area contributed by atoms with Crippen LogP contribution in [-0.4, -0.2) is 26.5 Å². The summed E-state index contributed by atoms with van der Waals surface area (Å²) >= 11 is 0. The van der Waals surface area contributed by atoms with Crippen LogP contribution in [0, 0.1) is 19.8 Å². The molecule has 0 aliphatic rings. The molecule has 2 aromatic carbocycles. The van der Waals surface area contributed by atoms with Gasteiger partial charge in [0.15, 0.2) is 9.84 Å². The summed E-state index contributed by atoms with van der Waals surface area (Å²) in [5.41, 5.74) is 12.5. The van der Waals surface area contributed by atoms with Crippen molar-refractivity contribution in [3.8, 4) is 11.1 Å². The molecule has 1 heterocycles. The molecule has 1 aromatic heterocycles. The molecular formula is C27H32N2O4S. The Labute approximate surface area is 202 Å². The fourth-order valence-corrected chi connectivity index (χ4v) is 5.51. The Balaban J connectivity index is 2.16. The summed E-state index contributed by atoms with van der Waals surface area (Å²) in [5, 5.41) is 0. The molecule has 0 unspecified atom stereocenters. The van der Waals surface area contributed by atoms with Crippen molar-refractivity contribution in [2.75, 3.05) is 7.11 Å². The predicted octanol–water partition coefficient (Wildman–Crippen LogP) is 4.78. The third-order valence-electron chi connectivity index (χ3n) is 5.81. The van der Waals surface area contributed by atoms with Crippen LogP contribution < -0.4 is 5.73 Å². The molecule has 6 nitrogen and oxygen atoms in total. The number of pyridine rings is 1. The molecule has 0 aliphatic heterocycles. The molecule has 180 valence electrons. The minimum absolute atomic E-state index is 0.134. The average Bonchev–Trinajstić information content (AvgIpc) is 2.80. The van der Waals surface area contributed by atoms with Crippen LogP contribution in [0.5, 0.6) is 0 Å². The quantitative estimate of drug-likeness (QED) is 0.466. The first-order chi connectivity index (χ1) is 16.1. The highest BCUT2D eigenvalue weighted by Gasteiger charge is 2.25. The standard InChI is InChI=1S/C27H32N2O4S/c1-17(2)14-25-23(15-28)26(20-8-6-18(3)7-9-20)24(19(4)29-25)16-34(31,32)22-12-10-21(11-13-22)27(30)33-5/h6-13,17H,14-16,28H2,1-5H3. The number of nitrogens with zero attached hydrogens (tertiary/aromatic N) is 1. The Hall–Kier alpha value is -3.03. The van der Waals surface area contributed by atoms with Crippen LogP contribution in [0.4, 0.5) is 0 Å². The zero-order valence-electron chi connectivity index (χ0n) is 20.4. The lowest BCUT2D eigenvalue weighted by Gasteiger charge is -2.21. The lowest BCUT2D eigenvalue weighted by atomic mass is 9.90. The number of ether oxygens (including phenoxy) is 1. The van der Waals surface area contributed by atoms with Crippen molar-refractivity contribution < 1.29 is 17.9 Å². The van der Waals surface area contributed by atoms with Crippen LogP contribution in [0.15, 0.2) is 53.4 Å². The highest BCUT2D eigenvalue weighted by atomic mass is 32.2. The van der Waals surface area contributed by atoms with Gasteiger partial charge in [0, 0.05) is 17.9 Å². The summed E-state index contributed by atoms with van der Waals surface area (Å²) in [6.07, 6.45) is 0.758. The summed E-state index contributed by atoms with van der Waals surface area (Å²) < 4.78 is 31.6. The van der Waals surface area contributed by atoms with Crippen LogP contribution >= 0.6 is 0 Å². The molecule has 0 amide bonds. The number of carbonyl (C=O) groups excluding carboxylic acids is 1. The SMILES string of the molecule is COC(=O)c1ccc(S(=O)(=O)Cc2c(C)nc(CC(C)C)c(CN)c2-c2ccc(C)cc2)cc1. The van der Waals surface area contributed by atoms with E-state index >= 15 is 0 Å². The lowest BCUT2D eigenvalue weighted by Crippen LogP contribution is -2.15. The molecule has 34 heavy (non-hydrogen) atoms. The van der Waals surface area contributed by atoms with Crippen LogP contribution in [0.1, 0.15) is 52.3 Å². The molecule has 0 atom stereocenters. The number of nitrogens with two attached hydrogens (primary N) is 1. The van der Waals surface area contributed by atoms with E-state index in [2.05, 4.69) is 13.8 Å². The molecule has 2 N–H and O–H groups in total. The normalized spacial score (nSPS) is 11.6. The minimum Gasteiger partial charge on any atom is -0.465 e. The van der Waals surface area contributed by atoms with E-state index in [0.29, 0.717) is 22.7 Å². The van der Waals surface area contributed by atoms with Crippen LogP contribution in [-0.2, 0) is 33.3 Å². The van der Waals surface area contributed by atoms with Crippen LogP contribution in [0.2, 0.25) is 0 Å². The number of esters is 1. The summed E-state index contributed by atoms with van der Waals surface area (Å²) in [4.78, 5) is 16.7. The fraction of sp³-hybridized carbons (Fsp3) is 0.333. The largest absolute Gasteiger partial charge is 0.465 e. The molecular weight excluding hydrogens is 448 g/mol. The third kappa shape index (κ3) is 5.54. The zero-order chi connectivity index (χ0) is 25.0. The van der Waals surface area contributed by atoms with Crippen molar-refractivity contribution in [2.24, 2.45) is 11.7 Å². The Morgan fingerprint density at radius 2 is 1.62 bits per heavy atom. The fourth-order valence-electron chi connectivity index (χ4n) is 4.06. The predicted molar refractivity (Wildman–Crippen MR) is 134 cm³/mol. The van der Waals surface area contributed by atoms with E-state index in [1.54, 1.807) is 0 Å². The molecule has 7 heteroatoms. The van der Waals surface area contributed by atoms with Gasteiger partial charge in [0.05, 0.1) is 23.3 Å². The van der Waals surface area contributed by atoms with E-state index in [9.17, 15) is 13.2 Å². The molecule has 0 fully saturated rings. The van der Waals surface area contributed by atoms with E-state index in [1.165, 1.54) is 31.4 Å². The second kappa shape index (κ2) is 10.5. The van der Waals surface area contributed by atoms with Gasteiger partial charge < -0.3 is 10.5 Å². The highest BCUT2D eigenvalue weighted by Crippen LogP contribution is 2.34. The van der Waals surface area contributed by atoms with Gasteiger partial charge in [0.25, 0.3) is 0 Å². The van der Waals surface area contributed by atoms with Crippen LogP contribution in [0.3, 0.4) is 0 Å². The van der Waals surface area contributed by atoms with Gasteiger partial charge in [-0.25, -0.2) is 13.2 Å². The number of sulfone groups is 1. The zero-order valence-corrected chi connectivity index (χ0v) is 21.2. The second-order valence-electron chi connectivity index (χ2n) is 8.92. The molecule has 0 aliphatic carbocycles. The van der Waals surface area contributed by atoms with Crippen molar-refractivity contribution in [1.82, 2.24) is 4.98 Å². The van der Waals surface area contributed by atoms with Gasteiger partial charge >= 0.3 is 5.97 Å². The Bertz CT molecular complexity index is 1280. The Morgan fingerprint density at radius 1 is 1.00 bits per heavy atom. The summed E-state index contributed by atoms with van der Waals surface area (Å²) in [6.45, 7) is 8.38. The maximum absolute atomic E-state index is 13.4. The first-order valence-corrected chi connectivity index (χ1v) is 12.9. The van der Waals surface area contributed by atoms with E-state index < -0.39 is 15.8 Å². The maximum atomic E-state index is 13.4. The molecule has 3 rings (SSSR count). The number of hydrogen-bond donors (Lipinski definition) is 1. The van der Waals surface area contributed by atoms with Gasteiger partial charge in [-0.2, -0.15) is 0 Å². The summed E-state index contributed by atoms with van der Waals surface area (Å²) in [6, 6.07) is 13.8. The third-order valence-corrected chi connectivity index (χ3v) is 7.47. The Kier molecular flexibility index (Phi) is 7.89. The molecule has 3 aromatic rings. The highest BCUT2D eigenvalue weighted by molar-refractivity contribution is 7.90. The molecule has 0 saturated heterocycles. The number of hydrogen-bond acceptors (Lipinski definition) is 6. The first-order valence-electron chi connectivity index (χ1n) is 11.3. The van der Waals surface area contributed by atoms with Crippen molar-refractivity contribution >= 4 is 15.8 Å². The van der Waals surface area contributed by atoms with E-state index in [4.69, 9.17) is 15.5 Å². The number of rotatable bonds is 8. The number of benzene rings is 2. The molecule has 0 bridgehead atoms. The summed E-state index contributed by atoms with van der Waals surface area (Å²) in [7, 11) is -2.43. The topological polar surface area (TPSA) is 99.4 Å². The van der Waals surface area contributed by atoms with E-state index in [-0.39, 0.29) is 17.2 Å². The van der Waals surface area contributed by atoms with Gasteiger partial charge in [-0.3, -0.25) is 4.98 Å². The van der Waals surface area contributed by atoms with Gasteiger partial charge in [-0.15, -0.1) is 0 Å². The number of aromatic nitrogens is 1. The number of carbonyl (C=O) groups is 1. The summed E-state index contributed by atoms with van der Waals surface area (Å²) in [5.74, 6) is -0.355. The molecule has 0 saturated carbocycles. The van der Waals surface area contributed by atoms with Crippen molar-refractivity contribution in [1.29, 1.82) is 0 Å². The minimum atomic E-state index is -3.72. The lowest BCUT2D eigenvalue weighted by molar-refractivity contribution is 0.0600.